The van der Waals surface area contributed by atoms with Gasteiger partial charge in [0.1, 0.15) is 0 Å². The van der Waals surface area contributed by atoms with Gasteiger partial charge in [0.25, 0.3) is 0 Å². The largest absolute Gasteiger partial charge is 0.369 e. The lowest BCUT2D eigenvalue weighted by Crippen LogP contribution is -2.52. The van der Waals surface area contributed by atoms with E-state index in [-0.39, 0.29) is 11.9 Å². The summed E-state index contributed by atoms with van der Waals surface area (Å²) in [5.41, 5.74) is 2.22. The number of carbonyl (C=O) groups is 1. The van der Waals surface area contributed by atoms with Gasteiger partial charge in [-0.15, -0.1) is 0 Å². The third-order valence-electron chi connectivity index (χ3n) is 3.42. The van der Waals surface area contributed by atoms with Crippen molar-refractivity contribution in [2.24, 2.45) is 0 Å². The molecule has 0 radical (unpaired) electrons. The number of nitrogens with one attached hydrogen (secondary N) is 1. The predicted octanol–water partition coefficient (Wildman–Crippen LogP) is 0.647. The first kappa shape index (κ1) is 13.8. The van der Waals surface area contributed by atoms with Crippen LogP contribution in [0.4, 0.5) is 5.69 Å². The van der Waals surface area contributed by atoms with Gasteiger partial charge in [-0.1, -0.05) is 0 Å². The van der Waals surface area contributed by atoms with E-state index in [4.69, 9.17) is 0 Å². The molecule has 0 aliphatic carbocycles. The molecule has 0 saturated carbocycles. The summed E-state index contributed by atoms with van der Waals surface area (Å²) in [5.74, 6) is 0.172. The van der Waals surface area contributed by atoms with Gasteiger partial charge in [0.05, 0.1) is 0 Å². The Labute approximate surface area is 114 Å². The van der Waals surface area contributed by atoms with E-state index in [1.54, 1.807) is 19.0 Å². The molecule has 19 heavy (non-hydrogen) atoms. The first-order valence-electron chi connectivity index (χ1n) is 6.67. The van der Waals surface area contributed by atoms with Crippen molar-refractivity contribution < 1.29 is 4.79 Å². The smallest absolute Gasteiger partial charge is 0.223 e. The quantitative estimate of drug-likeness (QED) is 0.869. The van der Waals surface area contributed by atoms with Crippen LogP contribution in [0.1, 0.15) is 12.1 Å². The number of rotatable bonds is 3. The number of pyridine rings is 1. The van der Waals surface area contributed by atoms with Crippen LogP contribution in [0.2, 0.25) is 0 Å². The summed E-state index contributed by atoms with van der Waals surface area (Å²) in [6.45, 7) is 4.74. The number of aromatic nitrogens is 1. The molecule has 1 N–H and O–H groups in total. The van der Waals surface area contributed by atoms with Gasteiger partial charge >= 0.3 is 0 Å². The van der Waals surface area contributed by atoms with E-state index < -0.39 is 0 Å². The monoisotopic (exact) mass is 262 g/mol. The summed E-state index contributed by atoms with van der Waals surface area (Å²) in [6, 6.07) is 4.34. The third kappa shape index (κ3) is 3.67. The molecule has 5 heteroatoms. The number of piperazine rings is 1. The highest BCUT2D eigenvalue weighted by atomic mass is 16.2. The normalized spacial score (nSPS) is 19.3. The van der Waals surface area contributed by atoms with Gasteiger partial charge < -0.3 is 15.1 Å². The average molecular weight is 262 g/mol. The van der Waals surface area contributed by atoms with Crippen LogP contribution in [0.25, 0.3) is 0 Å². The molecule has 1 atom stereocenters. The van der Waals surface area contributed by atoms with Crippen LogP contribution in [0, 0.1) is 6.92 Å². The van der Waals surface area contributed by atoms with Crippen molar-refractivity contribution in [2.75, 3.05) is 38.6 Å². The summed E-state index contributed by atoms with van der Waals surface area (Å²) in [4.78, 5) is 20.0. The van der Waals surface area contributed by atoms with Gasteiger partial charge in [-0.2, -0.15) is 0 Å². The molecule has 104 valence electrons. The predicted molar refractivity (Wildman–Crippen MR) is 76.3 cm³/mol. The Kier molecular flexibility index (Phi) is 4.37. The van der Waals surface area contributed by atoms with Gasteiger partial charge in [-0.3, -0.25) is 9.78 Å². The van der Waals surface area contributed by atoms with Crippen LogP contribution in [-0.4, -0.2) is 55.6 Å². The molecule has 0 aromatic carbocycles. The maximum absolute atomic E-state index is 11.8. The average Bonchev–Trinajstić information content (AvgIpc) is 2.39. The lowest BCUT2D eigenvalue weighted by molar-refractivity contribution is -0.129. The van der Waals surface area contributed by atoms with Gasteiger partial charge in [0, 0.05) is 63.8 Å². The zero-order chi connectivity index (χ0) is 13.8. The van der Waals surface area contributed by atoms with Crippen molar-refractivity contribution in [3.05, 3.63) is 24.0 Å². The maximum atomic E-state index is 11.8. The molecule has 1 fully saturated rings. The van der Waals surface area contributed by atoms with Crippen molar-refractivity contribution in [3.8, 4) is 0 Å². The van der Waals surface area contributed by atoms with Crippen LogP contribution in [0.3, 0.4) is 0 Å². The number of hydrogen-bond acceptors (Lipinski definition) is 4. The van der Waals surface area contributed by atoms with E-state index in [1.165, 1.54) is 5.69 Å². The maximum Gasteiger partial charge on any atom is 0.223 e. The molecule has 2 heterocycles. The van der Waals surface area contributed by atoms with Crippen LogP contribution in [0.5, 0.6) is 0 Å². The topological polar surface area (TPSA) is 48.5 Å². The van der Waals surface area contributed by atoms with E-state index in [9.17, 15) is 4.79 Å². The van der Waals surface area contributed by atoms with Crippen molar-refractivity contribution >= 4 is 11.6 Å². The second-order valence-corrected chi connectivity index (χ2v) is 5.24. The second kappa shape index (κ2) is 6.02. The van der Waals surface area contributed by atoms with Crippen LogP contribution in [0.15, 0.2) is 18.3 Å². The number of anilines is 1. The SMILES string of the molecule is Cc1cc(N2CCNC(CC(=O)N(C)C)C2)ccn1. The zero-order valence-corrected chi connectivity index (χ0v) is 11.9. The van der Waals surface area contributed by atoms with Gasteiger partial charge in [-0.25, -0.2) is 0 Å². The molecule has 1 aliphatic heterocycles. The Hall–Kier alpha value is -1.62. The minimum atomic E-state index is 0.172. The molecular weight excluding hydrogens is 240 g/mol. The highest BCUT2D eigenvalue weighted by Gasteiger charge is 2.22. The zero-order valence-electron chi connectivity index (χ0n) is 11.9. The van der Waals surface area contributed by atoms with Gasteiger partial charge in [-0.05, 0) is 19.1 Å². The number of aryl methyl sites for hydroxylation is 1. The van der Waals surface area contributed by atoms with E-state index >= 15 is 0 Å². The van der Waals surface area contributed by atoms with Crippen molar-refractivity contribution in [1.82, 2.24) is 15.2 Å². The molecule has 1 amide bonds. The molecule has 1 aromatic rings. The van der Waals surface area contributed by atoms with Gasteiger partial charge in [0.15, 0.2) is 0 Å². The highest BCUT2D eigenvalue weighted by Crippen LogP contribution is 2.17. The summed E-state index contributed by atoms with van der Waals surface area (Å²) < 4.78 is 0. The van der Waals surface area contributed by atoms with E-state index in [0.29, 0.717) is 6.42 Å². The Balaban J connectivity index is 1.99. The second-order valence-electron chi connectivity index (χ2n) is 5.24. The molecule has 0 spiro atoms. The fraction of sp³-hybridized carbons (Fsp3) is 0.571. The van der Waals surface area contributed by atoms with E-state index in [1.807, 2.05) is 19.2 Å². The molecular formula is C14H22N4O. The van der Waals surface area contributed by atoms with Gasteiger partial charge in [0.2, 0.25) is 5.91 Å². The lowest BCUT2D eigenvalue weighted by Gasteiger charge is -2.35. The Morgan fingerprint density at radius 3 is 3.05 bits per heavy atom. The Morgan fingerprint density at radius 2 is 2.37 bits per heavy atom. The van der Waals surface area contributed by atoms with Crippen molar-refractivity contribution in [3.63, 3.8) is 0 Å². The van der Waals surface area contributed by atoms with Crippen LogP contribution >= 0.6 is 0 Å². The standard InChI is InChI=1S/C14H22N4O/c1-11-8-13(4-5-15-11)18-7-6-16-12(10-18)9-14(19)17(2)3/h4-5,8,12,16H,6-7,9-10H2,1-3H3. The fourth-order valence-electron chi connectivity index (χ4n) is 2.32. The summed E-state index contributed by atoms with van der Waals surface area (Å²) in [5, 5.41) is 3.41. The number of amides is 1. The number of nitrogens with zero attached hydrogens (tertiary/aromatic N) is 3. The number of hydrogen-bond donors (Lipinski definition) is 1. The third-order valence-corrected chi connectivity index (χ3v) is 3.42. The molecule has 5 nitrogen and oxygen atoms in total. The van der Waals surface area contributed by atoms with E-state index in [2.05, 4.69) is 21.3 Å². The fourth-order valence-corrected chi connectivity index (χ4v) is 2.32. The van der Waals surface area contributed by atoms with Crippen LogP contribution in [-0.2, 0) is 4.79 Å². The Morgan fingerprint density at radius 1 is 1.58 bits per heavy atom. The van der Waals surface area contributed by atoms with E-state index in [0.717, 1.165) is 25.3 Å². The highest BCUT2D eigenvalue weighted by molar-refractivity contribution is 5.76. The Bertz CT molecular complexity index is 447. The summed E-state index contributed by atoms with van der Waals surface area (Å²) in [6.07, 6.45) is 2.39. The first-order valence-corrected chi connectivity index (χ1v) is 6.67. The van der Waals surface area contributed by atoms with Crippen LogP contribution < -0.4 is 10.2 Å². The minimum absolute atomic E-state index is 0.172. The minimum Gasteiger partial charge on any atom is -0.369 e. The molecule has 1 aliphatic rings. The van der Waals surface area contributed by atoms with Crippen molar-refractivity contribution in [1.29, 1.82) is 0 Å². The summed E-state index contributed by atoms with van der Waals surface area (Å²) >= 11 is 0. The first-order chi connectivity index (χ1) is 9.06. The number of carbonyl (C=O) groups excluding carboxylic acids is 1. The molecule has 2 rings (SSSR count). The molecule has 1 unspecified atom stereocenters. The summed E-state index contributed by atoms with van der Waals surface area (Å²) in [7, 11) is 3.60. The molecule has 1 aromatic heterocycles. The molecule has 0 bridgehead atoms. The van der Waals surface area contributed by atoms with Crippen molar-refractivity contribution in [2.45, 2.75) is 19.4 Å². The lowest BCUT2D eigenvalue weighted by atomic mass is 10.1. The molecule has 1 saturated heterocycles.